The van der Waals surface area contributed by atoms with Gasteiger partial charge in [0.05, 0.1) is 11.2 Å². The molecule has 2 fully saturated rings. The van der Waals surface area contributed by atoms with Gasteiger partial charge in [-0.25, -0.2) is 14.4 Å². The Morgan fingerprint density at radius 3 is 2.40 bits per heavy atom. The van der Waals surface area contributed by atoms with E-state index >= 15 is 0 Å². The van der Waals surface area contributed by atoms with Crippen molar-refractivity contribution in [2.75, 3.05) is 6.61 Å². The molecule has 0 bridgehead atoms. The zero-order chi connectivity index (χ0) is 25.9. The number of carbonyl (C=O) groups excluding carboxylic acids is 5. The molecule has 0 aromatic carbocycles. The maximum Gasteiger partial charge on any atom is 0.342 e. The van der Waals surface area contributed by atoms with Crippen LogP contribution >= 0.6 is 0 Å². The highest BCUT2D eigenvalue weighted by Gasteiger charge is 2.63. The normalized spacial score (nSPS) is 33.7. The first-order valence-electron chi connectivity index (χ1n) is 11.4. The number of fused-ring (bicyclic) bond motifs is 4. The number of epoxide rings is 1. The average Bonchev–Trinajstić information content (AvgIpc) is 3.18. The number of carbonyl (C=O) groups is 5. The molecule has 0 radical (unpaired) electrons. The van der Waals surface area contributed by atoms with E-state index in [9.17, 15) is 24.0 Å². The van der Waals surface area contributed by atoms with Crippen LogP contribution in [0.4, 0.5) is 0 Å². The Morgan fingerprint density at radius 1 is 1.11 bits per heavy atom. The van der Waals surface area contributed by atoms with Gasteiger partial charge < -0.3 is 23.7 Å². The van der Waals surface area contributed by atoms with Crippen LogP contribution in [-0.4, -0.2) is 65.8 Å². The summed E-state index contributed by atoms with van der Waals surface area (Å²) in [6.45, 7) is 10.7. The fourth-order valence-corrected chi connectivity index (χ4v) is 5.08. The van der Waals surface area contributed by atoms with Crippen molar-refractivity contribution in [2.24, 2.45) is 0 Å². The van der Waals surface area contributed by atoms with Crippen LogP contribution in [0.2, 0.25) is 0 Å². The van der Waals surface area contributed by atoms with E-state index in [-0.39, 0.29) is 35.3 Å². The highest BCUT2D eigenvalue weighted by molar-refractivity contribution is 6.18. The molecule has 35 heavy (non-hydrogen) atoms. The van der Waals surface area contributed by atoms with Crippen LogP contribution < -0.4 is 0 Å². The third-order valence-electron chi connectivity index (χ3n) is 6.98. The molecule has 188 valence electrons. The quantitative estimate of drug-likeness (QED) is 0.185. The van der Waals surface area contributed by atoms with Gasteiger partial charge in [-0.3, -0.25) is 9.59 Å². The number of Topliss-reactive ketones (excluding diaryl/α,β-unsaturated/α-hetero) is 1. The lowest BCUT2D eigenvalue weighted by atomic mass is 9.78. The molecule has 0 aromatic heterocycles. The molecular formula is C25H28O10. The van der Waals surface area contributed by atoms with Crippen molar-refractivity contribution in [2.45, 2.75) is 83.4 Å². The van der Waals surface area contributed by atoms with Crippen molar-refractivity contribution in [1.29, 1.82) is 0 Å². The molecule has 10 heteroatoms. The maximum absolute atomic E-state index is 12.9. The molecule has 1 saturated carbocycles. The van der Waals surface area contributed by atoms with E-state index in [2.05, 4.69) is 6.58 Å². The van der Waals surface area contributed by atoms with Gasteiger partial charge in [0.25, 0.3) is 0 Å². The molecule has 1 saturated heterocycles. The summed E-state index contributed by atoms with van der Waals surface area (Å²) in [5, 5.41) is 0. The van der Waals surface area contributed by atoms with E-state index in [1.54, 1.807) is 6.92 Å². The van der Waals surface area contributed by atoms with Crippen LogP contribution in [0.1, 0.15) is 53.9 Å². The van der Waals surface area contributed by atoms with Crippen molar-refractivity contribution in [1.82, 2.24) is 0 Å². The van der Waals surface area contributed by atoms with Crippen molar-refractivity contribution >= 4 is 29.7 Å². The number of ether oxygens (including phenoxy) is 5. The van der Waals surface area contributed by atoms with Gasteiger partial charge in [-0.15, -0.1) is 0 Å². The van der Waals surface area contributed by atoms with Crippen LogP contribution in [-0.2, 0) is 47.7 Å². The van der Waals surface area contributed by atoms with E-state index in [1.807, 2.05) is 6.92 Å². The van der Waals surface area contributed by atoms with Gasteiger partial charge in [0.15, 0.2) is 11.9 Å². The van der Waals surface area contributed by atoms with Crippen molar-refractivity contribution in [3.8, 4) is 0 Å². The van der Waals surface area contributed by atoms with E-state index in [4.69, 9.17) is 23.7 Å². The first-order valence-corrected chi connectivity index (χ1v) is 11.4. The predicted octanol–water partition coefficient (Wildman–Crippen LogP) is 1.80. The second-order valence-corrected chi connectivity index (χ2v) is 9.80. The number of esters is 4. The first-order chi connectivity index (χ1) is 16.3. The summed E-state index contributed by atoms with van der Waals surface area (Å²) in [5.41, 5.74) is -1.12. The minimum Gasteiger partial charge on any atom is -0.461 e. The molecule has 1 unspecified atom stereocenters. The third-order valence-corrected chi connectivity index (χ3v) is 6.98. The third kappa shape index (κ3) is 4.31. The monoisotopic (exact) mass is 488 g/mol. The molecule has 1 aliphatic carbocycles. The van der Waals surface area contributed by atoms with Crippen LogP contribution in [0.5, 0.6) is 0 Å². The van der Waals surface area contributed by atoms with E-state index in [1.165, 1.54) is 20.8 Å². The van der Waals surface area contributed by atoms with Gasteiger partial charge in [0.2, 0.25) is 0 Å². The highest BCUT2D eigenvalue weighted by atomic mass is 16.7. The molecular weight excluding hydrogens is 460 g/mol. The molecule has 4 aliphatic rings. The summed E-state index contributed by atoms with van der Waals surface area (Å²) < 4.78 is 28.2. The number of rotatable bonds is 5. The van der Waals surface area contributed by atoms with Gasteiger partial charge in [-0.1, -0.05) is 6.58 Å². The van der Waals surface area contributed by atoms with Gasteiger partial charge >= 0.3 is 23.9 Å². The summed E-state index contributed by atoms with van der Waals surface area (Å²) >= 11 is 0. The summed E-state index contributed by atoms with van der Waals surface area (Å²) in [4.78, 5) is 62.0. The Kier molecular flexibility index (Phi) is 5.99. The minimum atomic E-state index is -1.30. The SMILES string of the molecule is C=C(C)C(=O)OC1C[C@@]2(C)OC(=O)C(C(C)=O)=C2CC[C@@]2(C)O[C@@H]2[C@H]2OC(=O)C(COC(C)=O)=C12. The average molecular weight is 488 g/mol. The zero-order valence-electron chi connectivity index (χ0n) is 20.4. The molecule has 0 spiro atoms. The zero-order valence-corrected chi connectivity index (χ0v) is 20.4. The number of ketones is 1. The Hall–Kier alpha value is -3.27. The maximum atomic E-state index is 12.9. The largest absolute Gasteiger partial charge is 0.461 e. The first kappa shape index (κ1) is 24.8. The smallest absolute Gasteiger partial charge is 0.342 e. The Labute approximate surface area is 202 Å². The van der Waals surface area contributed by atoms with Crippen LogP contribution in [0.25, 0.3) is 0 Å². The lowest BCUT2D eigenvalue weighted by molar-refractivity contribution is -0.152. The summed E-state index contributed by atoms with van der Waals surface area (Å²) in [6.07, 6.45) is -1.88. The molecule has 3 aliphatic heterocycles. The van der Waals surface area contributed by atoms with Crippen LogP contribution in [0, 0.1) is 0 Å². The Morgan fingerprint density at radius 2 is 1.80 bits per heavy atom. The topological polar surface area (TPSA) is 135 Å². The molecule has 4 rings (SSSR count). The van der Waals surface area contributed by atoms with Gasteiger partial charge in [0, 0.05) is 24.5 Å². The Bertz CT molecular complexity index is 1130. The fourth-order valence-electron chi connectivity index (χ4n) is 5.08. The molecule has 0 N–H and O–H groups in total. The van der Waals surface area contributed by atoms with Crippen LogP contribution in [0.15, 0.2) is 34.4 Å². The minimum absolute atomic E-state index is 0.0248. The summed E-state index contributed by atoms with van der Waals surface area (Å²) in [5.74, 6) is -3.22. The lowest BCUT2D eigenvalue weighted by Gasteiger charge is -2.34. The standard InChI is InChI=1S/C25H28O10/c1-11(2)21(28)32-16-9-25(6)15(17(12(3)26)23(30)35-25)7-8-24(5)20(34-24)19-18(16)14(22(29)33-19)10-31-13(4)27/h16,19-20H,1,7-10H2,2-6H3/t16?,19-,20+,24+,25+/m0/s1. The summed E-state index contributed by atoms with van der Waals surface area (Å²) in [6, 6.07) is 0. The van der Waals surface area contributed by atoms with Crippen molar-refractivity contribution in [3.05, 3.63) is 34.4 Å². The van der Waals surface area contributed by atoms with E-state index < -0.39 is 59.2 Å². The Balaban J connectivity index is 1.88. The second kappa shape index (κ2) is 8.44. The van der Waals surface area contributed by atoms with E-state index in [0.717, 1.165) is 0 Å². The van der Waals surface area contributed by atoms with Gasteiger partial charge in [-0.2, -0.15) is 0 Å². The van der Waals surface area contributed by atoms with Crippen molar-refractivity contribution in [3.63, 3.8) is 0 Å². The number of hydrogen-bond acceptors (Lipinski definition) is 10. The summed E-state index contributed by atoms with van der Waals surface area (Å²) in [7, 11) is 0. The predicted molar refractivity (Wildman–Crippen MR) is 118 cm³/mol. The highest BCUT2D eigenvalue weighted by Crippen LogP contribution is 2.52. The molecule has 0 amide bonds. The molecule has 0 aromatic rings. The van der Waals surface area contributed by atoms with E-state index in [0.29, 0.717) is 18.4 Å². The molecule has 3 heterocycles. The van der Waals surface area contributed by atoms with Crippen molar-refractivity contribution < 1.29 is 47.7 Å². The number of hydrogen-bond donors (Lipinski definition) is 0. The molecule has 10 nitrogen and oxygen atoms in total. The second-order valence-electron chi connectivity index (χ2n) is 9.80. The van der Waals surface area contributed by atoms with Gasteiger partial charge in [-0.05, 0) is 46.1 Å². The lowest BCUT2D eigenvalue weighted by Crippen LogP contribution is -2.41. The van der Waals surface area contributed by atoms with Gasteiger partial charge in [0.1, 0.15) is 30.0 Å². The molecule has 5 atom stereocenters. The van der Waals surface area contributed by atoms with Crippen LogP contribution in [0.3, 0.4) is 0 Å². The fraction of sp³-hybridized carbons (Fsp3) is 0.560.